The number of rotatable bonds is 3. The normalized spacial score (nSPS) is 11.7. The third-order valence-electron chi connectivity index (χ3n) is 8.65. The molecule has 3 aromatic heterocycles. The third-order valence-corrected chi connectivity index (χ3v) is 8.65. The van der Waals surface area contributed by atoms with Crippen LogP contribution in [0, 0.1) is 0 Å². The summed E-state index contributed by atoms with van der Waals surface area (Å²) in [5.74, 6) is 0. The van der Waals surface area contributed by atoms with Crippen molar-refractivity contribution >= 4 is 54.4 Å². The van der Waals surface area contributed by atoms with Gasteiger partial charge in [0.15, 0.2) is 0 Å². The van der Waals surface area contributed by atoms with Crippen molar-refractivity contribution < 1.29 is 0 Å². The Morgan fingerprint density at radius 3 is 1.51 bits per heavy atom. The molecule has 0 N–H and O–H groups in total. The van der Waals surface area contributed by atoms with Gasteiger partial charge in [0.1, 0.15) is 0 Å². The highest BCUT2D eigenvalue weighted by atomic mass is 15.0. The summed E-state index contributed by atoms with van der Waals surface area (Å²) in [6, 6.07) is 51.7. The Bertz CT molecular complexity index is 2400. The second-order valence-corrected chi connectivity index (χ2v) is 11.0. The zero-order chi connectivity index (χ0) is 28.3. The highest BCUT2D eigenvalue weighted by Crippen LogP contribution is 2.35. The minimum Gasteiger partial charge on any atom is -0.309 e. The quantitative estimate of drug-likeness (QED) is 0.206. The van der Waals surface area contributed by atoms with Crippen LogP contribution in [-0.4, -0.2) is 14.5 Å². The molecule has 9 aromatic rings. The van der Waals surface area contributed by atoms with Crippen molar-refractivity contribution in [3.05, 3.63) is 152 Å². The molecule has 0 fully saturated rings. The van der Waals surface area contributed by atoms with Crippen molar-refractivity contribution in [3.8, 4) is 28.1 Å². The monoisotopic (exact) mass is 547 g/mol. The number of hydrogen-bond acceptors (Lipinski definition) is 2. The van der Waals surface area contributed by atoms with Gasteiger partial charge in [0.25, 0.3) is 0 Å². The molecule has 0 aliphatic heterocycles. The summed E-state index contributed by atoms with van der Waals surface area (Å²) in [5.41, 5.74) is 10.1. The molecule has 3 heterocycles. The molecule has 0 amide bonds. The van der Waals surface area contributed by atoms with Crippen molar-refractivity contribution in [1.29, 1.82) is 0 Å². The molecule has 3 nitrogen and oxygen atoms in total. The molecule has 3 heteroatoms. The van der Waals surface area contributed by atoms with Crippen molar-refractivity contribution in [2.24, 2.45) is 0 Å². The van der Waals surface area contributed by atoms with Gasteiger partial charge in [-0.25, -0.2) is 4.98 Å². The summed E-state index contributed by atoms with van der Waals surface area (Å²) >= 11 is 0. The molecule has 0 unspecified atom stereocenters. The minimum atomic E-state index is 0.967. The lowest BCUT2D eigenvalue weighted by Crippen LogP contribution is -1.93. The molecule has 0 radical (unpaired) electrons. The van der Waals surface area contributed by atoms with Gasteiger partial charge in [-0.3, -0.25) is 4.98 Å². The van der Waals surface area contributed by atoms with Crippen LogP contribution < -0.4 is 0 Å². The number of nitrogens with zero attached hydrogens (tertiary/aromatic N) is 3. The molecule has 0 atom stereocenters. The lowest BCUT2D eigenvalue weighted by molar-refractivity contribution is 1.18. The Hall–Kier alpha value is -5.80. The molecular weight excluding hydrogens is 522 g/mol. The van der Waals surface area contributed by atoms with E-state index in [4.69, 9.17) is 9.97 Å². The fraction of sp³-hybridized carbons (Fsp3) is 0. The van der Waals surface area contributed by atoms with Crippen LogP contribution in [0.3, 0.4) is 0 Å². The Kier molecular flexibility index (Phi) is 5.20. The van der Waals surface area contributed by atoms with Gasteiger partial charge in [-0.15, -0.1) is 0 Å². The maximum atomic E-state index is 5.19. The minimum absolute atomic E-state index is 0.967. The summed E-state index contributed by atoms with van der Waals surface area (Å²) in [7, 11) is 0. The van der Waals surface area contributed by atoms with E-state index in [2.05, 4.69) is 144 Å². The number of para-hydroxylation sites is 2. The first-order valence-electron chi connectivity index (χ1n) is 14.6. The van der Waals surface area contributed by atoms with Crippen LogP contribution in [-0.2, 0) is 0 Å². The highest BCUT2D eigenvalue weighted by Gasteiger charge is 2.13. The van der Waals surface area contributed by atoms with Crippen LogP contribution in [0.15, 0.2) is 152 Å². The lowest BCUT2D eigenvalue weighted by atomic mass is 9.99. The summed E-state index contributed by atoms with van der Waals surface area (Å²) in [6.07, 6.45) is 1.86. The van der Waals surface area contributed by atoms with Crippen LogP contribution in [0.2, 0.25) is 0 Å². The summed E-state index contributed by atoms with van der Waals surface area (Å²) in [6.45, 7) is 0. The maximum Gasteiger partial charge on any atom is 0.0795 e. The van der Waals surface area contributed by atoms with Crippen molar-refractivity contribution in [1.82, 2.24) is 14.5 Å². The molecule has 0 bridgehead atoms. The van der Waals surface area contributed by atoms with E-state index in [9.17, 15) is 0 Å². The Morgan fingerprint density at radius 1 is 0.372 bits per heavy atom. The van der Waals surface area contributed by atoms with E-state index < -0.39 is 0 Å². The predicted molar refractivity (Wildman–Crippen MR) is 180 cm³/mol. The molecule has 0 aliphatic rings. The van der Waals surface area contributed by atoms with Crippen LogP contribution >= 0.6 is 0 Å². The van der Waals surface area contributed by atoms with Crippen molar-refractivity contribution in [2.45, 2.75) is 0 Å². The van der Waals surface area contributed by atoms with E-state index in [-0.39, 0.29) is 0 Å². The Labute approximate surface area is 248 Å². The van der Waals surface area contributed by atoms with Gasteiger partial charge in [0.05, 0.1) is 27.8 Å². The zero-order valence-corrected chi connectivity index (χ0v) is 23.3. The van der Waals surface area contributed by atoms with Gasteiger partial charge in [0, 0.05) is 49.8 Å². The second kappa shape index (κ2) is 9.37. The molecule has 9 rings (SSSR count). The standard InChI is InChI=1S/C40H25N3/c1-2-11-34-32(10-1)39-33(12-7-25-41-39)35-23-24-36(42-40(34)35)28-17-15-26(16-18-28)27-19-21-29(22-20-27)43-37-13-5-3-8-30(37)31-9-4-6-14-38(31)43/h1-25H. The number of aromatic nitrogens is 3. The largest absolute Gasteiger partial charge is 0.309 e. The molecule has 0 spiro atoms. The number of benzene rings is 6. The van der Waals surface area contributed by atoms with E-state index in [1.807, 2.05) is 12.3 Å². The average molecular weight is 548 g/mol. The predicted octanol–water partition coefficient (Wildman–Crippen LogP) is 10.4. The molecule has 0 saturated heterocycles. The van der Waals surface area contributed by atoms with Gasteiger partial charge in [-0.2, -0.15) is 0 Å². The fourth-order valence-corrected chi connectivity index (χ4v) is 6.61. The topological polar surface area (TPSA) is 30.7 Å². The zero-order valence-electron chi connectivity index (χ0n) is 23.3. The average Bonchev–Trinajstić information content (AvgIpc) is 3.43. The van der Waals surface area contributed by atoms with Gasteiger partial charge in [-0.1, -0.05) is 103 Å². The first-order valence-corrected chi connectivity index (χ1v) is 14.6. The lowest BCUT2D eigenvalue weighted by Gasteiger charge is -2.11. The molecule has 43 heavy (non-hydrogen) atoms. The van der Waals surface area contributed by atoms with Gasteiger partial charge >= 0.3 is 0 Å². The van der Waals surface area contributed by atoms with E-state index >= 15 is 0 Å². The summed E-state index contributed by atoms with van der Waals surface area (Å²) in [5, 5.41) is 7.08. The first kappa shape index (κ1) is 23.9. The maximum absolute atomic E-state index is 5.19. The number of hydrogen-bond donors (Lipinski definition) is 0. The van der Waals surface area contributed by atoms with Crippen LogP contribution in [0.1, 0.15) is 0 Å². The van der Waals surface area contributed by atoms with Gasteiger partial charge < -0.3 is 4.57 Å². The molecule has 0 aliphatic carbocycles. The van der Waals surface area contributed by atoms with E-state index in [1.54, 1.807) is 0 Å². The Morgan fingerprint density at radius 2 is 0.860 bits per heavy atom. The summed E-state index contributed by atoms with van der Waals surface area (Å²) < 4.78 is 2.35. The number of fused-ring (bicyclic) bond motifs is 9. The van der Waals surface area contributed by atoms with E-state index in [0.29, 0.717) is 0 Å². The van der Waals surface area contributed by atoms with Crippen LogP contribution in [0.5, 0.6) is 0 Å². The highest BCUT2D eigenvalue weighted by molar-refractivity contribution is 6.23. The SMILES string of the molecule is c1ccc2c(c1)c1ncccc1c1ccc(-c3ccc(-c4ccc(-n5c6ccccc6c6ccccc65)cc4)cc3)nc21. The molecule has 6 aromatic carbocycles. The fourth-order valence-electron chi connectivity index (χ4n) is 6.61. The van der Waals surface area contributed by atoms with Crippen LogP contribution in [0.25, 0.3) is 82.5 Å². The second-order valence-electron chi connectivity index (χ2n) is 11.0. The van der Waals surface area contributed by atoms with E-state index in [0.717, 1.165) is 49.5 Å². The smallest absolute Gasteiger partial charge is 0.0795 e. The van der Waals surface area contributed by atoms with E-state index in [1.165, 1.54) is 32.9 Å². The van der Waals surface area contributed by atoms with Gasteiger partial charge in [0.2, 0.25) is 0 Å². The number of pyridine rings is 2. The van der Waals surface area contributed by atoms with Gasteiger partial charge in [-0.05, 0) is 53.6 Å². The Balaban J connectivity index is 1.09. The van der Waals surface area contributed by atoms with Crippen LogP contribution in [0.4, 0.5) is 0 Å². The van der Waals surface area contributed by atoms with Crippen molar-refractivity contribution in [3.63, 3.8) is 0 Å². The molecular formula is C40H25N3. The summed E-state index contributed by atoms with van der Waals surface area (Å²) in [4.78, 5) is 9.88. The molecule has 0 saturated carbocycles. The molecule has 200 valence electrons. The van der Waals surface area contributed by atoms with Crippen molar-refractivity contribution in [2.75, 3.05) is 0 Å². The third kappa shape index (κ3) is 3.68. The first-order chi connectivity index (χ1) is 21.3.